The van der Waals surface area contributed by atoms with Gasteiger partial charge in [-0.2, -0.15) is 0 Å². The topological polar surface area (TPSA) is 141 Å². The van der Waals surface area contributed by atoms with Crippen LogP contribution in [0.15, 0.2) is 91.0 Å². The van der Waals surface area contributed by atoms with Crippen LogP contribution in [0.4, 0.5) is 0 Å². The van der Waals surface area contributed by atoms with Gasteiger partial charge in [0.05, 0.1) is 6.10 Å². The Labute approximate surface area is 201 Å². The molecule has 0 aliphatic carbocycles. The van der Waals surface area contributed by atoms with Crippen molar-refractivity contribution in [1.29, 1.82) is 0 Å². The second-order valence-corrected chi connectivity index (χ2v) is 8.46. The molecule has 8 nitrogen and oxygen atoms in total. The highest BCUT2D eigenvalue weighted by molar-refractivity contribution is 6.18. The molecule has 180 valence electrons. The van der Waals surface area contributed by atoms with Gasteiger partial charge < -0.3 is 25.2 Å². The van der Waals surface area contributed by atoms with E-state index in [4.69, 9.17) is 4.74 Å². The summed E-state index contributed by atoms with van der Waals surface area (Å²) in [6.45, 7) is 1.15. The fraction of sp³-hybridized carbons (Fsp3) is 0.222. The molecule has 4 rings (SSSR count). The van der Waals surface area contributed by atoms with E-state index < -0.39 is 46.5 Å². The van der Waals surface area contributed by atoms with Gasteiger partial charge in [0.2, 0.25) is 28.6 Å². The Morgan fingerprint density at radius 3 is 1.37 bits per heavy atom. The van der Waals surface area contributed by atoms with Gasteiger partial charge in [-0.25, -0.2) is 0 Å². The summed E-state index contributed by atoms with van der Waals surface area (Å²) in [4.78, 5) is 41.2. The minimum atomic E-state index is -3.56. The zero-order valence-electron chi connectivity index (χ0n) is 18.7. The highest BCUT2D eigenvalue weighted by atomic mass is 16.6. The number of carbonyl (C=O) groups is 3. The molecule has 3 aromatic rings. The molecular weight excluding hydrogens is 452 g/mol. The number of Topliss-reactive ketones (excluding diaryl/α,β-unsaturated/α-hetero) is 3. The molecule has 1 aliphatic rings. The van der Waals surface area contributed by atoms with Crippen LogP contribution in [0.2, 0.25) is 0 Å². The molecule has 0 radical (unpaired) electrons. The van der Waals surface area contributed by atoms with Crippen LogP contribution in [0, 0.1) is 0 Å². The van der Waals surface area contributed by atoms with Crippen molar-refractivity contribution >= 4 is 17.3 Å². The standard InChI is InChI=1S/C27H24O8/c1-17-25(32,21(28)18-11-5-2-6-12-18)27(34,23(30)20-15-9-4-10-16-20)26(33,24(31)35-17)22(29)19-13-7-3-8-14-19/h2-17,24,31-34H,1H3/t17-,24+,25+,26-,27+/m0/s1. The Morgan fingerprint density at radius 2 is 0.971 bits per heavy atom. The summed E-state index contributed by atoms with van der Waals surface area (Å²) < 4.78 is 5.29. The van der Waals surface area contributed by atoms with E-state index in [0.29, 0.717) is 0 Å². The molecule has 0 aromatic heterocycles. The molecule has 5 atom stereocenters. The second-order valence-electron chi connectivity index (χ2n) is 8.46. The zero-order valence-corrected chi connectivity index (χ0v) is 18.7. The highest BCUT2D eigenvalue weighted by Crippen LogP contribution is 2.48. The van der Waals surface area contributed by atoms with Gasteiger partial charge in [0.25, 0.3) is 0 Å². The first-order chi connectivity index (χ1) is 16.6. The van der Waals surface area contributed by atoms with E-state index >= 15 is 0 Å². The summed E-state index contributed by atoms with van der Waals surface area (Å²) in [5.74, 6) is -3.84. The van der Waals surface area contributed by atoms with Crippen molar-refractivity contribution in [3.05, 3.63) is 108 Å². The summed E-state index contributed by atoms with van der Waals surface area (Å²) >= 11 is 0. The first-order valence-corrected chi connectivity index (χ1v) is 10.9. The van der Waals surface area contributed by atoms with E-state index in [9.17, 15) is 34.8 Å². The van der Waals surface area contributed by atoms with Crippen LogP contribution < -0.4 is 0 Å². The largest absolute Gasteiger partial charge is 0.376 e. The van der Waals surface area contributed by atoms with Gasteiger partial charge in [-0.3, -0.25) is 14.4 Å². The lowest BCUT2D eigenvalue weighted by Gasteiger charge is -2.56. The number of ketones is 3. The Kier molecular flexibility index (Phi) is 6.27. The number of carbonyl (C=O) groups excluding carboxylic acids is 3. The average Bonchev–Trinajstić information content (AvgIpc) is 2.90. The molecule has 1 fully saturated rings. The van der Waals surface area contributed by atoms with Gasteiger partial charge in [0.1, 0.15) is 0 Å². The lowest BCUT2D eigenvalue weighted by molar-refractivity contribution is -0.341. The maximum Gasteiger partial charge on any atom is 0.218 e. The van der Waals surface area contributed by atoms with E-state index in [0.717, 1.165) is 6.92 Å². The molecule has 0 bridgehead atoms. The fourth-order valence-corrected chi connectivity index (χ4v) is 4.54. The second kappa shape index (κ2) is 8.92. The van der Waals surface area contributed by atoms with Gasteiger partial charge in [0, 0.05) is 16.7 Å². The Bertz CT molecular complexity index is 1170. The third-order valence-corrected chi connectivity index (χ3v) is 6.51. The summed E-state index contributed by atoms with van der Waals surface area (Å²) in [5.41, 5.74) is -10.7. The number of aliphatic hydroxyl groups excluding tert-OH is 1. The number of hydrogen-bond donors (Lipinski definition) is 4. The van der Waals surface area contributed by atoms with Gasteiger partial charge in [-0.05, 0) is 6.92 Å². The lowest BCUT2D eigenvalue weighted by atomic mass is 9.58. The van der Waals surface area contributed by atoms with Crippen molar-refractivity contribution in [2.75, 3.05) is 0 Å². The SMILES string of the molecule is C[C@@H]1O[C@@H](O)[C@@](O)(C(=O)c2ccccc2)[C@@](O)(C(=O)c2ccccc2)[C@]1(O)C(=O)c1ccccc1. The van der Waals surface area contributed by atoms with Crippen molar-refractivity contribution in [1.82, 2.24) is 0 Å². The van der Waals surface area contributed by atoms with Crippen LogP contribution in [-0.2, 0) is 4.74 Å². The first kappa shape index (κ1) is 24.6. The Balaban J connectivity index is 2.03. The summed E-state index contributed by atoms with van der Waals surface area (Å²) in [6, 6.07) is 21.5. The smallest absolute Gasteiger partial charge is 0.218 e. The summed E-state index contributed by atoms with van der Waals surface area (Å²) in [7, 11) is 0. The predicted molar refractivity (Wildman–Crippen MR) is 124 cm³/mol. The van der Waals surface area contributed by atoms with Crippen molar-refractivity contribution in [3.63, 3.8) is 0 Å². The van der Waals surface area contributed by atoms with Crippen molar-refractivity contribution in [2.45, 2.75) is 36.1 Å². The fourth-order valence-electron chi connectivity index (χ4n) is 4.54. The molecule has 8 heteroatoms. The van der Waals surface area contributed by atoms with Gasteiger partial charge >= 0.3 is 0 Å². The normalized spacial score (nSPS) is 30.4. The van der Waals surface area contributed by atoms with E-state index in [-0.39, 0.29) is 16.7 Å². The molecule has 0 saturated carbocycles. The molecule has 4 N–H and O–H groups in total. The van der Waals surface area contributed by atoms with E-state index in [2.05, 4.69) is 0 Å². The number of aliphatic hydroxyl groups is 4. The molecule has 3 aromatic carbocycles. The number of ether oxygens (including phenoxy) is 1. The first-order valence-electron chi connectivity index (χ1n) is 10.9. The van der Waals surface area contributed by atoms with Gasteiger partial charge in [-0.15, -0.1) is 0 Å². The van der Waals surface area contributed by atoms with E-state index in [1.807, 2.05) is 0 Å². The van der Waals surface area contributed by atoms with Crippen LogP contribution in [0.1, 0.15) is 38.0 Å². The van der Waals surface area contributed by atoms with E-state index in [1.54, 1.807) is 18.2 Å². The maximum absolute atomic E-state index is 13.9. The third-order valence-electron chi connectivity index (χ3n) is 6.51. The van der Waals surface area contributed by atoms with Crippen LogP contribution in [-0.4, -0.2) is 67.0 Å². The summed E-state index contributed by atoms with van der Waals surface area (Å²) in [6.07, 6.45) is -4.18. The van der Waals surface area contributed by atoms with Crippen LogP contribution in [0.25, 0.3) is 0 Å². The van der Waals surface area contributed by atoms with Crippen LogP contribution >= 0.6 is 0 Å². The number of rotatable bonds is 6. The van der Waals surface area contributed by atoms with Crippen LogP contribution in [0.5, 0.6) is 0 Å². The Morgan fingerprint density at radius 1 is 0.629 bits per heavy atom. The molecule has 35 heavy (non-hydrogen) atoms. The van der Waals surface area contributed by atoms with Crippen molar-refractivity contribution < 1.29 is 39.5 Å². The monoisotopic (exact) mass is 476 g/mol. The van der Waals surface area contributed by atoms with Crippen molar-refractivity contribution in [3.8, 4) is 0 Å². The molecular formula is C27H24O8. The van der Waals surface area contributed by atoms with E-state index in [1.165, 1.54) is 72.8 Å². The molecule has 0 amide bonds. The van der Waals surface area contributed by atoms with Gasteiger partial charge in [-0.1, -0.05) is 91.0 Å². The predicted octanol–water partition coefficient (Wildman–Crippen LogP) is 1.57. The minimum absolute atomic E-state index is 0.115. The molecule has 1 aliphatic heterocycles. The third kappa shape index (κ3) is 3.46. The number of hydrogen-bond acceptors (Lipinski definition) is 8. The van der Waals surface area contributed by atoms with Gasteiger partial charge in [0.15, 0.2) is 11.9 Å². The highest BCUT2D eigenvalue weighted by Gasteiger charge is 2.79. The number of benzene rings is 3. The quantitative estimate of drug-likeness (QED) is 0.393. The maximum atomic E-state index is 13.9. The molecule has 1 saturated heterocycles. The average molecular weight is 476 g/mol. The lowest BCUT2D eigenvalue weighted by Crippen LogP contribution is -2.86. The Hall–Kier alpha value is -3.53. The molecule has 0 spiro atoms. The minimum Gasteiger partial charge on any atom is -0.376 e. The zero-order chi connectivity index (χ0) is 25.4. The van der Waals surface area contributed by atoms with Crippen molar-refractivity contribution in [2.24, 2.45) is 0 Å². The molecule has 1 heterocycles. The van der Waals surface area contributed by atoms with Crippen LogP contribution in [0.3, 0.4) is 0 Å². The molecule has 0 unspecified atom stereocenters. The summed E-state index contributed by atoms with van der Waals surface area (Å²) in [5, 5.41) is 46.6.